The number of fused-ring (bicyclic) bond motifs is 1. The van der Waals surface area contributed by atoms with Crippen LogP contribution >= 0.6 is 0 Å². The van der Waals surface area contributed by atoms with Crippen molar-refractivity contribution < 1.29 is 9.53 Å². The summed E-state index contributed by atoms with van der Waals surface area (Å²) in [4.78, 5) is 20.3. The molecule has 0 saturated carbocycles. The standard InChI is InChI=1S/C23H27N3O2/c1-17-13-18(2)15-20(14-17)28-12-11-25-7-9-26(10-8-25)23(27)22-16-19-5-3-4-6-21(19)24-22/h3-6,13-16,24H,7-12H2,1-2H3. The number of hydrogen-bond acceptors (Lipinski definition) is 3. The lowest BCUT2D eigenvalue weighted by atomic mass is 10.1. The molecule has 1 fully saturated rings. The van der Waals surface area contributed by atoms with Gasteiger partial charge in [0.1, 0.15) is 18.1 Å². The molecule has 5 heteroatoms. The monoisotopic (exact) mass is 377 g/mol. The van der Waals surface area contributed by atoms with Crippen LogP contribution in [0.15, 0.2) is 48.5 Å². The van der Waals surface area contributed by atoms with Gasteiger partial charge in [-0.2, -0.15) is 0 Å². The third-order valence-electron chi connectivity index (χ3n) is 5.29. The van der Waals surface area contributed by atoms with Gasteiger partial charge in [0.25, 0.3) is 5.91 Å². The van der Waals surface area contributed by atoms with E-state index in [-0.39, 0.29) is 5.91 Å². The van der Waals surface area contributed by atoms with Crippen LogP contribution in [0.25, 0.3) is 10.9 Å². The lowest BCUT2D eigenvalue weighted by molar-refractivity contribution is 0.0615. The molecule has 3 aromatic rings. The Hall–Kier alpha value is -2.79. The quantitative estimate of drug-likeness (QED) is 0.739. The molecule has 2 heterocycles. The second-order valence-electron chi connectivity index (χ2n) is 7.58. The molecule has 0 unspecified atom stereocenters. The first-order valence-electron chi connectivity index (χ1n) is 9.89. The Morgan fingerprint density at radius 2 is 1.71 bits per heavy atom. The van der Waals surface area contributed by atoms with Gasteiger partial charge >= 0.3 is 0 Å². The first-order valence-corrected chi connectivity index (χ1v) is 9.89. The van der Waals surface area contributed by atoms with Gasteiger partial charge in [-0.3, -0.25) is 9.69 Å². The highest BCUT2D eigenvalue weighted by atomic mass is 16.5. The summed E-state index contributed by atoms with van der Waals surface area (Å²) in [5, 5.41) is 1.08. The van der Waals surface area contributed by atoms with Crippen LogP contribution in [-0.4, -0.2) is 60.0 Å². The van der Waals surface area contributed by atoms with E-state index in [4.69, 9.17) is 4.74 Å². The first-order chi connectivity index (χ1) is 13.6. The fourth-order valence-electron chi connectivity index (χ4n) is 3.84. The molecule has 4 rings (SSSR count). The molecular weight excluding hydrogens is 350 g/mol. The van der Waals surface area contributed by atoms with E-state index in [1.165, 1.54) is 11.1 Å². The van der Waals surface area contributed by atoms with Gasteiger partial charge in [-0.15, -0.1) is 0 Å². The normalized spacial score (nSPS) is 15.1. The maximum Gasteiger partial charge on any atom is 0.270 e. The fourth-order valence-corrected chi connectivity index (χ4v) is 3.84. The minimum absolute atomic E-state index is 0.0855. The second-order valence-corrected chi connectivity index (χ2v) is 7.58. The molecule has 1 aliphatic heterocycles. The third kappa shape index (κ3) is 4.20. The van der Waals surface area contributed by atoms with Crippen LogP contribution in [0.1, 0.15) is 21.6 Å². The van der Waals surface area contributed by atoms with Crippen LogP contribution < -0.4 is 4.74 Å². The Kier molecular flexibility index (Phi) is 5.35. The van der Waals surface area contributed by atoms with Crippen LogP contribution in [0, 0.1) is 13.8 Å². The third-order valence-corrected chi connectivity index (χ3v) is 5.29. The molecule has 1 N–H and O–H groups in total. The van der Waals surface area contributed by atoms with Crippen molar-refractivity contribution in [2.24, 2.45) is 0 Å². The molecule has 0 bridgehead atoms. The Bertz CT molecular complexity index is 918. The molecule has 5 nitrogen and oxygen atoms in total. The zero-order valence-electron chi connectivity index (χ0n) is 16.6. The maximum absolute atomic E-state index is 12.8. The summed E-state index contributed by atoms with van der Waals surface area (Å²) in [5.41, 5.74) is 4.12. The van der Waals surface area contributed by atoms with Crippen molar-refractivity contribution in [1.82, 2.24) is 14.8 Å². The molecule has 0 atom stereocenters. The smallest absolute Gasteiger partial charge is 0.270 e. The van der Waals surface area contributed by atoms with Gasteiger partial charge in [0.2, 0.25) is 0 Å². The van der Waals surface area contributed by atoms with Crippen LogP contribution in [0.3, 0.4) is 0 Å². The lowest BCUT2D eigenvalue weighted by Gasteiger charge is -2.34. The summed E-state index contributed by atoms with van der Waals surface area (Å²) in [7, 11) is 0. The molecule has 0 aliphatic carbocycles. The van der Waals surface area contributed by atoms with E-state index in [0.717, 1.165) is 49.4 Å². The van der Waals surface area contributed by atoms with Crippen LogP contribution in [0.2, 0.25) is 0 Å². The summed E-state index contributed by atoms with van der Waals surface area (Å²) < 4.78 is 5.92. The van der Waals surface area contributed by atoms with Crippen molar-refractivity contribution in [1.29, 1.82) is 0 Å². The van der Waals surface area contributed by atoms with Gasteiger partial charge < -0.3 is 14.6 Å². The van der Waals surface area contributed by atoms with E-state index in [2.05, 4.69) is 41.9 Å². The van der Waals surface area contributed by atoms with Crippen LogP contribution in [0.5, 0.6) is 5.75 Å². The number of benzene rings is 2. The highest BCUT2D eigenvalue weighted by Gasteiger charge is 2.23. The predicted octanol–water partition coefficient (Wildman–Crippen LogP) is 3.62. The number of carbonyl (C=O) groups excluding carboxylic acids is 1. The summed E-state index contributed by atoms with van der Waals surface area (Å²) in [6, 6.07) is 16.2. The number of hydrogen-bond donors (Lipinski definition) is 1. The summed E-state index contributed by atoms with van der Waals surface area (Å²) in [6.07, 6.45) is 0. The Morgan fingerprint density at radius 1 is 1.00 bits per heavy atom. The zero-order valence-corrected chi connectivity index (χ0v) is 16.6. The number of nitrogens with zero attached hydrogens (tertiary/aromatic N) is 2. The second kappa shape index (κ2) is 8.07. The predicted molar refractivity (Wildman–Crippen MR) is 112 cm³/mol. The number of aromatic amines is 1. The van der Waals surface area contributed by atoms with E-state index in [1.54, 1.807) is 0 Å². The molecule has 2 aromatic carbocycles. The summed E-state index contributed by atoms with van der Waals surface area (Å²) in [5.74, 6) is 1.02. The van der Waals surface area contributed by atoms with Gasteiger partial charge in [-0.05, 0) is 49.2 Å². The van der Waals surface area contributed by atoms with Gasteiger partial charge in [0.05, 0.1) is 0 Å². The highest BCUT2D eigenvalue weighted by molar-refractivity contribution is 5.98. The Labute approximate surface area is 165 Å². The molecule has 28 heavy (non-hydrogen) atoms. The van der Waals surface area contributed by atoms with E-state index in [9.17, 15) is 4.79 Å². The van der Waals surface area contributed by atoms with E-state index in [1.807, 2.05) is 35.2 Å². The number of piperazine rings is 1. The molecular formula is C23H27N3O2. The molecule has 1 saturated heterocycles. The number of aryl methyl sites for hydroxylation is 2. The molecule has 146 valence electrons. The van der Waals surface area contributed by atoms with Gasteiger partial charge in [-0.1, -0.05) is 24.3 Å². The van der Waals surface area contributed by atoms with Crippen molar-refractivity contribution in [3.05, 3.63) is 65.4 Å². The number of H-pyrrole nitrogens is 1. The van der Waals surface area contributed by atoms with Gasteiger partial charge in [0, 0.05) is 43.6 Å². The number of nitrogens with one attached hydrogen (secondary N) is 1. The van der Waals surface area contributed by atoms with E-state index in [0.29, 0.717) is 12.3 Å². The molecule has 1 aromatic heterocycles. The number of amides is 1. The summed E-state index contributed by atoms with van der Waals surface area (Å²) in [6.45, 7) is 8.96. The molecule has 1 amide bonds. The number of ether oxygens (including phenoxy) is 1. The van der Waals surface area contributed by atoms with Gasteiger partial charge in [-0.25, -0.2) is 0 Å². The van der Waals surface area contributed by atoms with Crippen molar-refractivity contribution >= 4 is 16.8 Å². The van der Waals surface area contributed by atoms with E-state index >= 15 is 0 Å². The molecule has 0 radical (unpaired) electrons. The van der Waals surface area contributed by atoms with E-state index < -0.39 is 0 Å². The number of aromatic nitrogens is 1. The number of carbonyl (C=O) groups is 1. The number of para-hydroxylation sites is 1. The van der Waals surface area contributed by atoms with Crippen molar-refractivity contribution in [2.45, 2.75) is 13.8 Å². The number of rotatable bonds is 5. The minimum Gasteiger partial charge on any atom is -0.492 e. The highest BCUT2D eigenvalue weighted by Crippen LogP contribution is 2.18. The van der Waals surface area contributed by atoms with Crippen molar-refractivity contribution in [3.8, 4) is 5.75 Å². The SMILES string of the molecule is Cc1cc(C)cc(OCCN2CCN(C(=O)c3cc4ccccc4[nH]3)CC2)c1. The van der Waals surface area contributed by atoms with Crippen molar-refractivity contribution in [2.75, 3.05) is 39.3 Å². The average molecular weight is 377 g/mol. The average Bonchev–Trinajstić information content (AvgIpc) is 3.11. The van der Waals surface area contributed by atoms with Gasteiger partial charge in [0.15, 0.2) is 0 Å². The Balaban J connectivity index is 1.26. The molecule has 0 spiro atoms. The van der Waals surface area contributed by atoms with Crippen LogP contribution in [0.4, 0.5) is 0 Å². The molecule has 1 aliphatic rings. The minimum atomic E-state index is 0.0855. The zero-order chi connectivity index (χ0) is 19.5. The maximum atomic E-state index is 12.8. The summed E-state index contributed by atoms with van der Waals surface area (Å²) >= 11 is 0. The lowest BCUT2D eigenvalue weighted by Crippen LogP contribution is -2.49. The van der Waals surface area contributed by atoms with Crippen molar-refractivity contribution in [3.63, 3.8) is 0 Å². The topological polar surface area (TPSA) is 48.6 Å². The Morgan fingerprint density at radius 3 is 2.43 bits per heavy atom. The fraction of sp³-hybridized carbons (Fsp3) is 0.348. The first kappa shape index (κ1) is 18.6. The largest absolute Gasteiger partial charge is 0.492 e. The van der Waals surface area contributed by atoms with Crippen LogP contribution in [-0.2, 0) is 0 Å².